The van der Waals surface area contributed by atoms with Crippen molar-refractivity contribution in [2.45, 2.75) is 69.0 Å². The van der Waals surface area contributed by atoms with Crippen molar-refractivity contribution in [1.29, 1.82) is 0 Å². The molecule has 2 aliphatic rings. The standard InChI is InChI=1S/C27H33N3O6S/c1-3-23(26(32)28-20-11-5-4-6-12-20)29(17-19-10-9-13-21(16-19)36-2)25(31)18-30-27(33)22-14-7-8-15-24(22)37(30,34)35/h7-10,13-16,20,23H,3-6,11-12,17-18H2,1-2H3,(H,28,32). The molecule has 1 aliphatic heterocycles. The van der Waals surface area contributed by atoms with Crippen molar-refractivity contribution in [3.05, 3.63) is 59.7 Å². The second-order valence-corrected chi connectivity index (χ2v) is 11.3. The van der Waals surface area contributed by atoms with E-state index in [0.29, 0.717) is 16.5 Å². The van der Waals surface area contributed by atoms with Gasteiger partial charge in [-0.3, -0.25) is 14.4 Å². The Kier molecular flexibility index (Phi) is 8.16. The third-order valence-corrected chi connectivity index (χ3v) is 8.80. The van der Waals surface area contributed by atoms with Crippen molar-refractivity contribution in [3.8, 4) is 5.75 Å². The maximum atomic E-state index is 13.7. The Labute approximate surface area is 217 Å². The minimum atomic E-state index is -4.17. The molecule has 0 aromatic heterocycles. The smallest absolute Gasteiger partial charge is 0.269 e. The first kappa shape index (κ1) is 26.7. The number of rotatable bonds is 9. The topological polar surface area (TPSA) is 113 Å². The molecule has 0 radical (unpaired) electrons. The van der Waals surface area contributed by atoms with Crippen LogP contribution in [0.25, 0.3) is 0 Å². The van der Waals surface area contributed by atoms with Gasteiger partial charge in [-0.05, 0) is 49.1 Å². The summed E-state index contributed by atoms with van der Waals surface area (Å²) < 4.78 is 32.0. The van der Waals surface area contributed by atoms with Gasteiger partial charge in [0.2, 0.25) is 11.8 Å². The fourth-order valence-electron chi connectivity index (χ4n) is 5.03. The highest BCUT2D eigenvalue weighted by atomic mass is 32.2. The molecule has 1 heterocycles. The lowest BCUT2D eigenvalue weighted by Gasteiger charge is -2.33. The average molecular weight is 528 g/mol. The van der Waals surface area contributed by atoms with Gasteiger partial charge in [-0.25, -0.2) is 12.7 Å². The van der Waals surface area contributed by atoms with Crippen molar-refractivity contribution in [3.63, 3.8) is 0 Å². The molecule has 198 valence electrons. The molecule has 3 amide bonds. The number of benzene rings is 2. The summed E-state index contributed by atoms with van der Waals surface area (Å²) in [6, 6.07) is 12.3. The fourth-order valence-corrected chi connectivity index (χ4v) is 6.55. The zero-order chi connectivity index (χ0) is 26.6. The van der Waals surface area contributed by atoms with Crippen LogP contribution in [0.2, 0.25) is 0 Å². The van der Waals surface area contributed by atoms with Crippen LogP contribution in [0.1, 0.15) is 61.4 Å². The minimum absolute atomic E-state index is 0.0386. The number of hydrogen-bond acceptors (Lipinski definition) is 6. The van der Waals surface area contributed by atoms with Crippen LogP contribution in [-0.4, -0.2) is 61.1 Å². The minimum Gasteiger partial charge on any atom is -0.497 e. The Bertz CT molecular complexity index is 1270. The van der Waals surface area contributed by atoms with E-state index < -0.39 is 34.4 Å². The van der Waals surface area contributed by atoms with Crippen LogP contribution in [0, 0.1) is 0 Å². The van der Waals surface area contributed by atoms with Gasteiger partial charge >= 0.3 is 0 Å². The summed E-state index contributed by atoms with van der Waals surface area (Å²) in [7, 11) is -2.63. The molecular formula is C27H33N3O6S. The van der Waals surface area contributed by atoms with E-state index in [1.54, 1.807) is 24.3 Å². The van der Waals surface area contributed by atoms with Gasteiger partial charge in [-0.15, -0.1) is 0 Å². The SMILES string of the molecule is CCC(C(=O)NC1CCCCC1)N(Cc1cccc(OC)c1)C(=O)CN1C(=O)c2ccccc2S1(=O)=O. The third-order valence-electron chi connectivity index (χ3n) is 7.02. The lowest BCUT2D eigenvalue weighted by molar-refractivity contribution is -0.141. The Morgan fingerprint density at radius 1 is 1.11 bits per heavy atom. The summed E-state index contributed by atoms with van der Waals surface area (Å²) in [6.07, 6.45) is 5.35. The van der Waals surface area contributed by atoms with E-state index in [4.69, 9.17) is 4.74 Å². The number of amides is 3. The fraction of sp³-hybridized carbons (Fsp3) is 0.444. The summed E-state index contributed by atoms with van der Waals surface area (Å²) in [5.74, 6) is -1.05. The molecule has 0 bridgehead atoms. The second-order valence-electron chi connectivity index (χ2n) is 9.45. The number of methoxy groups -OCH3 is 1. The molecular weight excluding hydrogens is 494 g/mol. The Morgan fingerprint density at radius 2 is 1.84 bits per heavy atom. The predicted octanol–water partition coefficient (Wildman–Crippen LogP) is 3.10. The van der Waals surface area contributed by atoms with E-state index in [1.165, 1.54) is 30.2 Å². The summed E-state index contributed by atoms with van der Waals surface area (Å²) >= 11 is 0. The second kappa shape index (κ2) is 11.3. The molecule has 1 fully saturated rings. The maximum absolute atomic E-state index is 13.7. The number of nitrogens with one attached hydrogen (secondary N) is 1. The van der Waals surface area contributed by atoms with Gasteiger partial charge < -0.3 is 15.0 Å². The monoisotopic (exact) mass is 527 g/mol. The van der Waals surface area contributed by atoms with Gasteiger partial charge in [0, 0.05) is 12.6 Å². The molecule has 1 atom stereocenters. The number of hydrogen-bond donors (Lipinski definition) is 1. The van der Waals surface area contributed by atoms with E-state index in [1.807, 2.05) is 13.0 Å². The number of carbonyl (C=O) groups excluding carboxylic acids is 3. The molecule has 10 heteroatoms. The van der Waals surface area contributed by atoms with Gasteiger partial charge in [0.15, 0.2) is 0 Å². The van der Waals surface area contributed by atoms with Crippen LogP contribution in [0.5, 0.6) is 5.75 Å². The lowest BCUT2D eigenvalue weighted by atomic mass is 9.95. The van der Waals surface area contributed by atoms with Gasteiger partial charge in [0.05, 0.1) is 12.7 Å². The van der Waals surface area contributed by atoms with Gasteiger partial charge in [-0.2, -0.15) is 0 Å². The molecule has 1 N–H and O–H groups in total. The average Bonchev–Trinajstić information content (AvgIpc) is 3.09. The first-order valence-electron chi connectivity index (χ1n) is 12.6. The van der Waals surface area contributed by atoms with E-state index in [2.05, 4.69) is 5.32 Å². The molecule has 37 heavy (non-hydrogen) atoms. The van der Waals surface area contributed by atoms with Crippen LogP contribution in [0.4, 0.5) is 0 Å². The molecule has 1 saturated carbocycles. The van der Waals surface area contributed by atoms with E-state index in [0.717, 1.165) is 37.7 Å². The number of ether oxygens (including phenoxy) is 1. The van der Waals surface area contributed by atoms with Gasteiger partial charge in [0.1, 0.15) is 23.2 Å². The molecule has 0 saturated heterocycles. The largest absolute Gasteiger partial charge is 0.497 e. The third kappa shape index (κ3) is 5.64. The number of fused-ring (bicyclic) bond motifs is 1. The Morgan fingerprint density at radius 3 is 2.51 bits per heavy atom. The first-order valence-corrected chi connectivity index (χ1v) is 14.1. The molecule has 1 aliphatic carbocycles. The highest BCUT2D eigenvalue weighted by molar-refractivity contribution is 7.90. The molecule has 4 rings (SSSR count). The summed E-state index contributed by atoms with van der Waals surface area (Å²) in [5.41, 5.74) is 0.757. The Hall–Kier alpha value is -3.40. The highest BCUT2D eigenvalue weighted by Crippen LogP contribution is 2.30. The van der Waals surface area contributed by atoms with E-state index >= 15 is 0 Å². The number of carbonyl (C=O) groups is 3. The molecule has 0 spiro atoms. The quantitative estimate of drug-likeness (QED) is 0.536. The molecule has 2 aromatic rings. The highest BCUT2D eigenvalue weighted by Gasteiger charge is 2.43. The number of nitrogens with zero attached hydrogens (tertiary/aromatic N) is 2. The van der Waals surface area contributed by atoms with Crippen LogP contribution >= 0.6 is 0 Å². The predicted molar refractivity (Wildman–Crippen MR) is 137 cm³/mol. The van der Waals surface area contributed by atoms with Crippen LogP contribution < -0.4 is 10.1 Å². The summed E-state index contributed by atoms with van der Waals surface area (Å²) in [5, 5.41) is 3.09. The first-order chi connectivity index (χ1) is 17.8. The van der Waals surface area contributed by atoms with Gasteiger partial charge in [0.25, 0.3) is 15.9 Å². The Balaban J connectivity index is 1.61. The maximum Gasteiger partial charge on any atom is 0.269 e. The molecule has 9 nitrogen and oxygen atoms in total. The zero-order valence-corrected chi connectivity index (χ0v) is 22.0. The summed E-state index contributed by atoms with van der Waals surface area (Å²) in [4.78, 5) is 41.3. The van der Waals surface area contributed by atoms with Crippen molar-refractivity contribution in [2.24, 2.45) is 0 Å². The van der Waals surface area contributed by atoms with E-state index in [-0.39, 0.29) is 29.0 Å². The van der Waals surface area contributed by atoms with Crippen LogP contribution in [0.15, 0.2) is 53.4 Å². The number of sulfonamides is 1. The van der Waals surface area contributed by atoms with Crippen LogP contribution in [-0.2, 0) is 26.2 Å². The normalized spacial score (nSPS) is 17.7. The van der Waals surface area contributed by atoms with E-state index in [9.17, 15) is 22.8 Å². The van der Waals surface area contributed by atoms with Crippen molar-refractivity contribution in [2.75, 3.05) is 13.7 Å². The summed E-state index contributed by atoms with van der Waals surface area (Å²) in [6.45, 7) is 1.18. The molecule has 1 unspecified atom stereocenters. The lowest BCUT2D eigenvalue weighted by Crippen LogP contribution is -2.53. The van der Waals surface area contributed by atoms with Crippen molar-refractivity contribution < 1.29 is 27.5 Å². The molecule has 2 aromatic carbocycles. The van der Waals surface area contributed by atoms with Crippen molar-refractivity contribution >= 4 is 27.7 Å². The van der Waals surface area contributed by atoms with Crippen molar-refractivity contribution in [1.82, 2.24) is 14.5 Å². The van der Waals surface area contributed by atoms with Gasteiger partial charge in [-0.1, -0.05) is 50.5 Å². The van der Waals surface area contributed by atoms with Crippen LogP contribution in [0.3, 0.4) is 0 Å². The zero-order valence-electron chi connectivity index (χ0n) is 21.2.